The maximum atomic E-state index is 12.6. The average Bonchev–Trinajstić information content (AvgIpc) is 3.20. The number of amides is 2. The molecule has 2 N–H and O–H groups in total. The van der Waals surface area contributed by atoms with Crippen LogP contribution in [0.15, 0.2) is 77.3 Å². The second kappa shape index (κ2) is 8.82. The molecule has 6 nitrogen and oxygen atoms in total. The number of pyridine rings is 1. The zero-order valence-corrected chi connectivity index (χ0v) is 14.9. The fourth-order valence-corrected chi connectivity index (χ4v) is 2.38. The van der Waals surface area contributed by atoms with Gasteiger partial charge in [-0.2, -0.15) is 0 Å². The van der Waals surface area contributed by atoms with E-state index in [0.29, 0.717) is 16.3 Å². The lowest BCUT2D eigenvalue weighted by Gasteiger charge is -2.11. The van der Waals surface area contributed by atoms with Gasteiger partial charge in [-0.1, -0.05) is 17.7 Å². The summed E-state index contributed by atoms with van der Waals surface area (Å²) in [5, 5.41) is 5.89. The quantitative estimate of drug-likeness (QED) is 0.641. The molecule has 0 atom stereocenters. The van der Waals surface area contributed by atoms with Crippen LogP contribution in [0, 0.1) is 0 Å². The molecule has 0 saturated carbocycles. The Morgan fingerprint density at radius 1 is 1.11 bits per heavy atom. The number of hydrogen-bond acceptors (Lipinski definition) is 4. The minimum atomic E-state index is -0.447. The van der Waals surface area contributed by atoms with Gasteiger partial charge in [0.2, 0.25) is 0 Å². The molecule has 0 fully saturated rings. The van der Waals surface area contributed by atoms with E-state index in [9.17, 15) is 9.59 Å². The lowest BCUT2D eigenvalue weighted by atomic mass is 10.2. The number of benzene rings is 1. The van der Waals surface area contributed by atoms with Gasteiger partial charge in [-0.15, -0.1) is 0 Å². The highest BCUT2D eigenvalue weighted by molar-refractivity contribution is 6.30. The number of halogens is 1. The first-order valence-electron chi connectivity index (χ1n) is 8.11. The third kappa shape index (κ3) is 5.29. The van der Waals surface area contributed by atoms with Crippen molar-refractivity contribution in [2.24, 2.45) is 0 Å². The molecule has 0 aliphatic rings. The maximum Gasteiger partial charge on any atom is 0.268 e. The van der Waals surface area contributed by atoms with E-state index in [1.165, 1.54) is 12.3 Å². The lowest BCUT2D eigenvalue weighted by Crippen LogP contribution is -2.34. The molecule has 0 unspecified atom stereocenters. The molecule has 27 heavy (non-hydrogen) atoms. The molecule has 0 radical (unpaired) electrons. The Bertz CT molecular complexity index is 936. The van der Waals surface area contributed by atoms with Crippen LogP contribution in [0.5, 0.6) is 0 Å². The molecule has 0 saturated heterocycles. The summed E-state index contributed by atoms with van der Waals surface area (Å²) in [6.45, 7) is 0.277. The minimum absolute atomic E-state index is 0.0637. The largest absolute Gasteiger partial charge is 0.465 e. The lowest BCUT2D eigenvalue weighted by molar-refractivity contribution is -0.117. The summed E-state index contributed by atoms with van der Waals surface area (Å²) >= 11 is 5.84. The van der Waals surface area contributed by atoms with Gasteiger partial charge in [0.15, 0.2) is 0 Å². The number of nitrogens with one attached hydrogen (secondary N) is 2. The number of furan rings is 1. The van der Waals surface area contributed by atoms with E-state index < -0.39 is 11.8 Å². The molecule has 3 rings (SSSR count). The third-order valence-corrected chi connectivity index (χ3v) is 3.86. The molecule has 7 heteroatoms. The number of aromatic nitrogens is 1. The van der Waals surface area contributed by atoms with Crippen molar-refractivity contribution in [1.29, 1.82) is 0 Å². The van der Waals surface area contributed by atoms with E-state index in [2.05, 4.69) is 15.6 Å². The molecule has 0 bridgehead atoms. The summed E-state index contributed by atoms with van der Waals surface area (Å²) in [4.78, 5) is 29.0. The summed E-state index contributed by atoms with van der Waals surface area (Å²) in [6.07, 6.45) is 6.26. The highest BCUT2D eigenvalue weighted by Gasteiger charge is 2.15. The van der Waals surface area contributed by atoms with Gasteiger partial charge in [-0.3, -0.25) is 14.6 Å². The van der Waals surface area contributed by atoms with Crippen LogP contribution in [-0.4, -0.2) is 16.8 Å². The Balaban J connectivity index is 1.75. The van der Waals surface area contributed by atoms with Crippen LogP contribution < -0.4 is 10.6 Å². The summed E-state index contributed by atoms with van der Waals surface area (Å²) < 4.78 is 5.24. The Labute approximate surface area is 160 Å². The zero-order valence-electron chi connectivity index (χ0n) is 14.2. The summed E-state index contributed by atoms with van der Waals surface area (Å²) in [5.41, 5.74) is 1.28. The molecule has 1 aromatic carbocycles. The summed E-state index contributed by atoms with van der Waals surface area (Å²) in [5.74, 6) is -0.434. The Kier molecular flexibility index (Phi) is 6.02. The van der Waals surface area contributed by atoms with Gasteiger partial charge in [-0.05, 0) is 48.0 Å². The molecule has 0 aliphatic heterocycles. The van der Waals surface area contributed by atoms with Crippen LogP contribution >= 0.6 is 11.6 Å². The van der Waals surface area contributed by atoms with Gasteiger partial charge in [-0.25, -0.2) is 0 Å². The molecule has 0 spiro atoms. The van der Waals surface area contributed by atoms with Crippen LogP contribution in [0.4, 0.5) is 0 Å². The molecule has 3 aromatic rings. The number of rotatable bonds is 6. The SMILES string of the molecule is O=C(NCc1cccnc1)/C(=C/c1ccco1)NC(=O)c1ccc(Cl)cc1. The predicted molar refractivity (Wildman–Crippen MR) is 102 cm³/mol. The van der Waals surface area contributed by atoms with Gasteiger partial charge >= 0.3 is 0 Å². The van der Waals surface area contributed by atoms with E-state index in [-0.39, 0.29) is 12.2 Å². The Morgan fingerprint density at radius 2 is 1.93 bits per heavy atom. The summed E-state index contributed by atoms with van der Waals surface area (Å²) in [6, 6.07) is 13.4. The van der Waals surface area contributed by atoms with Gasteiger partial charge in [0, 0.05) is 35.6 Å². The second-order valence-electron chi connectivity index (χ2n) is 5.58. The molecule has 2 amide bonds. The van der Waals surface area contributed by atoms with E-state index in [1.54, 1.807) is 54.9 Å². The van der Waals surface area contributed by atoms with E-state index in [1.807, 2.05) is 6.07 Å². The van der Waals surface area contributed by atoms with Crippen LogP contribution in [0.1, 0.15) is 21.7 Å². The molecular formula is C20H16ClN3O3. The molecule has 2 heterocycles. The monoisotopic (exact) mass is 381 g/mol. The fraction of sp³-hybridized carbons (Fsp3) is 0.0500. The van der Waals surface area contributed by atoms with Crippen molar-refractivity contribution < 1.29 is 14.0 Å². The minimum Gasteiger partial charge on any atom is -0.465 e. The van der Waals surface area contributed by atoms with Crippen LogP contribution in [0.3, 0.4) is 0 Å². The first kappa shape index (κ1) is 18.4. The van der Waals surface area contributed by atoms with Crippen LogP contribution in [-0.2, 0) is 11.3 Å². The van der Waals surface area contributed by atoms with E-state index >= 15 is 0 Å². The van der Waals surface area contributed by atoms with Crippen molar-refractivity contribution in [3.63, 3.8) is 0 Å². The highest BCUT2D eigenvalue weighted by atomic mass is 35.5. The molecule has 136 valence electrons. The van der Waals surface area contributed by atoms with Gasteiger partial charge in [0.1, 0.15) is 11.5 Å². The van der Waals surface area contributed by atoms with Crippen molar-refractivity contribution in [2.75, 3.05) is 0 Å². The Morgan fingerprint density at radius 3 is 2.59 bits per heavy atom. The van der Waals surface area contributed by atoms with Crippen molar-refractivity contribution in [2.45, 2.75) is 6.54 Å². The predicted octanol–water partition coefficient (Wildman–Crippen LogP) is 3.42. The molecule has 2 aromatic heterocycles. The highest BCUT2D eigenvalue weighted by Crippen LogP contribution is 2.11. The fourth-order valence-electron chi connectivity index (χ4n) is 2.25. The second-order valence-corrected chi connectivity index (χ2v) is 6.01. The van der Waals surface area contributed by atoms with Crippen molar-refractivity contribution in [3.8, 4) is 0 Å². The van der Waals surface area contributed by atoms with Crippen LogP contribution in [0.25, 0.3) is 6.08 Å². The normalized spacial score (nSPS) is 11.1. The molecule has 0 aliphatic carbocycles. The number of nitrogens with zero attached hydrogens (tertiary/aromatic N) is 1. The number of carbonyl (C=O) groups is 2. The maximum absolute atomic E-state index is 12.6. The summed E-state index contributed by atoms with van der Waals surface area (Å²) in [7, 11) is 0. The van der Waals surface area contributed by atoms with Gasteiger partial charge in [0.05, 0.1) is 6.26 Å². The van der Waals surface area contributed by atoms with E-state index in [0.717, 1.165) is 5.56 Å². The Hall–Kier alpha value is -3.38. The standard InChI is InChI=1S/C20H16ClN3O3/c21-16-7-5-15(6-8-16)19(25)24-18(11-17-4-2-10-27-17)20(26)23-13-14-3-1-9-22-12-14/h1-12H,13H2,(H,23,26)(H,24,25)/b18-11-. The average molecular weight is 382 g/mol. The van der Waals surface area contributed by atoms with Gasteiger partial charge in [0.25, 0.3) is 11.8 Å². The third-order valence-electron chi connectivity index (χ3n) is 3.60. The van der Waals surface area contributed by atoms with Crippen molar-refractivity contribution in [3.05, 3.63) is 94.8 Å². The van der Waals surface area contributed by atoms with E-state index in [4.69, 9.17) is 16.0 Å². The smallest absolute Gasteiger partial charge is 0.268 e. The first-order valence-corrected chi connectivity index (χ1v) is 8.49. The van der Waals surface area contributed by atoms with Crippen LogP contribution in [0.2, 0.25) is 5.02 Å². The number of hydrogen-bond donors (Lipinski definition) is 2. The molecular weight excluding hydrogens is 366 g/mol. The number of carbonyl (C=O) groups excluding carboxylic acids is 2. The van der Waals surface area contributed by atoms with Crippen molar-refractivity contribution in [1.82, 2.24) is 15.6 Å². The topological polar surface area (TPSA) is 84.2 Å². The van der Waals surface area contributed by atoms with Crippen molar-refractivity contribution >= 4 is 29.5 Å². The first-order chi connectivity index (χ1) is 13.1. The van der Waals surface area contributed by atoms with Gasteiger partial charge < -0.3 is 15.1 Å². The zero-order chi connectivity index (χ0) is 19.1.